The second-order valence-corrected chi connectivity index (χ2v) is 3.57. The van der Waals surface area contributed by atoms with E-state index in [1.165, 1.54) is 16.2 Å². The molecule has 0 aliphatic rings. The van der Waals surface area contributed by atoms with Gasteiger partial charge in [-0.1, -0.05) is 11.4 Å². The monoisotopic (exact) mass is 210 g/mol. The van der Waals surface area contributed by atoms with Crippen molar-refractivity contribution in [1.82, 2.24) is 24.4 Å². The van der Waals surface area contributed by atoms with Crippen molar-refractivity contribution in [2.45, 2.75) is 13.3 Å². The lowest BCUT2D eigenvalue weighted by molar-refractivity contribution is 0.781. The first-order valence-corrected chi connectivity index (χ1v) is 4.97. The van der Waals surface area contributed by atoms with E-state index >= 15 is 0 Å². The Kier molecular flexibility index (Phi) is 2.16. The zero-order valence-electron chi connectivity index (χ0n) is 7.93. The summed E-state index contributed by atoms with van der Waals surface area (Å²) in [4.78, 5) is 5.02. The van der Waals surface area contributed by atoms with Crippen molar-refractivity contribution in [2.24, 2.45) is 7.05 Å². The fourth-order valence-corrected chi connectivity index (χ4v) is 1.78. The number of hydrogen-bond donors (Lipinski definition) is 1. The van der Waals surface area contributed by atoms with Crippen LogP contribution < -0.4 is 5.73 Å². The van der Waals surface area contributed by atoms with E-state index in [1.54, 1.807) is 7.05 Å². The van der Waals surface area contributed by atoms with Crippen molar-refractivity contribution >= 4 is 17.5 Å². The summed E-state index contributed by atoms with van der Waals surface area (Å²) < 4.78 is 5.41. The molecule has 74 valence electrons. The average Bonchev–Trinajstić information content (AvgIpc) is 2.73. The van der Waals surface area contributed by atoms with E-state index in [-0.39, 0.29) is 0 Å². The van der Waals surface area contributed by atoms with Crippen LogP contribution in [-0.2, 0) is 13.5 Å². The van der Waals surface area contributed by atoms with Gasteiger partial charge in [0.25, 0.3) is 0 Å². The number of anilines is 1. The Labute approximate surface area is 84.9 Å². The van der Waals surface area contributed by atoms with Gasteiger partial charge >= 0.3 is 0 Å². The van der Waals surface area contributed by atoms with Gasteiger partial charge in [-0.05, 0) is 18.0 Å². The van der Waals surface area contributed by atoms with Crippen molar-refractivity contribution in [3.8, 4) is 10.7 Å². The number of aryl methyl sites for hydroxylation is 2. The SMILES string of the molecule is CCc1nnsc1-c1nc(N)n(C)n1. The minimum atomic E-state index is 0.399. The zero-order valence-corrected chi connectivity index (χ0v) is 8.75. The molecule has 0 atom stereocenters. The van der Waals surface area contributed by atoms with E-state index < -0.39 is 0 Å². The van der Waals surface area contributed by atoms with Crippen LogP contribution in [0.1, 0.15) is 12.6 Å². The summed E-state index contributed by atoms with van der Waals surface area (Å²) in [6.45, 7) is 2.02. The van der Waals surface area contributed by atoms with Gasteiger partial charge < -0.3 is 5.73 Å². The van der Waals surface area contributed by atoms with E-state index in [2.05, 4.69) is 19.7 Å². The summed E-state index contributed by atoms with van der Waals surface area (Å²) in [6, 6.07) is 0. The lowest BCUT2D eigenvalue weighted by Gasteiger charge is -1.90. The molecule has 0 aliphatic carbocycles. The first-order valence-electron chi connectivity index (χ1n) is 4.20. The molecule has 2 N–H and O–H groups in total. The average molecular weight is 210 g/mol. The fourth-order valence-electron chi connectivity index (χ4n) is 1.10. The van der Waals surface area contributed by atoms with Crippen molar-refractivity contribution in [3.05, 3.63) is 5.69 Å². The minimum Gasteiger partial charge on any atom is -0.368 e. The molecule has 0 spiro atoms. The Bertz CT molecular complexity index is 425. The summed E-state index contributed by atoms with van der Waals surface area (Å²) in [6.07, 6.45) is 0.823. The smallest absolute Gasteiger partial charge is 0.218 e. The Morgan fingerprint density at radius 3 is 2.86 bits per heavy atom. The van der Waals surface area contributed by atoms with E-state index in [1.807, 2.05) is 6.92 Å². The van der Waals surface area contributed by atoms with Gasteiger partial charge in [0.05, 0.1) is 5.69 Å². The molecule has 2 heterocycles. The molecule has 2 aromatic heterocycles. The number of rotatable bonds is 2. The maximum Gasteiger partial charge on any atom is 0.218 e. The predicted molar refractivity (Wildman–Crippen MR) is 53.7 cm³/mol. The quantitative estimate of drug-likeness (QED) is 0.779. The Morgan fingerprint density at radius 1 is 1.50 bits per heavy atom. The maximum atomic E-state index is 5.59. The predicted octanol–water partition coefficient (Wildman–Crippen LogP) is 0.478. The maximum absolute atomic E-state index is 5.59. The summed E-state index contributed by atoms with van der Waals surface area (Å²) in [7, 11) is 1.76. The second-order valence-electron chi connectivity index (χ2n) is 2.82. The number of hydrogen-bond acceptors (Lipinski definition) is 6. The van der Waals surface area contributed by atoms with Gasteiger partial charge in [0.1, 0.15) is 4.88 Å². The second kappa shape index (κ2) is 3.33. The van der Waals surface area contributed by atoms with Crippen LogP contribution in [0.4, 0.5) is 5.95 Å². The van der Waals surface area contributed by atoms with Crippen molar-refractivity contribution in [1.29, 1.82) is 0 Å². The highest BCUT2D eigenvalue weighted by Crippen LogP contribution is 2.23. The Morgan fingerprint density at radius 2 is 2.29 bits per heavy atom. The summed E-state index contributed by atoms with van der Waals surface area (Å²) in [5.74, 6) is 1.01. The van der Waals surface area contributed by atoms with Crippen LogP contribution in [0.25, 0.3) is 10.7 Å². The summed E-state index contributed by atoms with van der Waals surface area (Å²) in [5.41, 5.74) is 6.51. The van der Waals surface area contributed by atoms with Crippen LogP contribution in [0.3, 0.4) is 0 Å². The number of nitrogens with two attached hydrogens (primary N) is 1. The largest absolute Gasteiger partial charge is 0.368 e. The first kappa shape index (κ1) is 9.07. The summed E-state index contributed by atoms with van der Waals surface area (Å²) in [5, 5.41) is 8.16. The van der Waals surface area contributed by atoms with Crippen LogP contribution in [0.5, 0.6) is 0 Å². The van der Waals surface area contributed by atoms with Gasteiger partial charge in [0.2, 0.25) is 5.95 Å². The lowest BCUT2D eigenvalue weighted by atomic mass is 10.3. The zero-order chi connectivity index (χ0) is 10.1. The van der Waals surface area contributed by atoms with E-state index in [0.717, 1.165) is 17.0 Å². The number of nitrogen functional groups attached to an aromatic ring is 1. The minimum absolute atomic E-state index is 0.399. The molecule has 6 nitrogen and oxygen atoms in total. The molecule has 0 unspecified atom stereocenters. The molecule has 0 fully saturated rings. The number of nitrogens with zero attached hydrogens (tertiary/aromatic N) is 5. The van der Waals surface area contributed by atoms with Gasteiger partial charge in [-0.25, -0.2) is 4.68 Å². The molecule has 0 aliphatic heterocycles. The molecular weight excluding hydrogens is 200 g/mol. The summed E-state index contributed by atoms with van der Waals surface area (Å²) >= 11 is 1.29. The molecule has 7 heteroatoms. The molecule has 0 saturated heterocycles. The van der Waals surface area contributed by atoms with Crippen LogP contribution in [0, 0.1) is 0 Å². The van der Waals surface area contributed by atoms with Gasteiger partial charge in [0.15, 0.2) is 5.82 Å². The fraction of sp³-hybridized carbons (Fsp3) is 0.429. The van der Waals surface area contributed by atoms with E-state index in [4.69, 9.17) is 5.73 Å². The van der Waals surface area contributed by atoms with Crippen molar-refractivity contribution in [3.63, 3.8) is 0 Å². The van der Waals surface area contributed by atoms with Gasteiger partial charge in [-0.3, -0.25) is 0 Å². The third-order valence-corrected chi connectivity index (χ3v) is 2.65. The topological polar surface area (TPSA) is 82.5 Å². The molecule has 0 aromatic carbocycles. The lowest BCUT2D eigenvalue weighted by Crippen LogP contribution is -1.97. The molecule has 0 bridgehead atoms. The van der Waals surface area contributed by atoms with E-state index in [9.17, 15) is 0 Å². The highest BCUT2D eigenvalue weighted by molar-refractivity contribution is 7.09. The molecule has 2 aromatic rings. The standard InChI is InChI=1S/C7H10N6S/c1-3-4-5(14-12-10-4)6-9-7(8)13(2)11-6/h3H2,1-2H3,(H2,8,9,11). The van der Waals surface area contributed by atoms with Crippen LogP contribution in [0.15, 0.2) is 0 Å². The molecule has 0 radical (unpaired) electrons. The van der Waals surface area contributed by atoms with Gasteiger partial charge in [-0.15, -0.1) is 10.2 Å². The van der Waals surface area contributed by atoms with Crippen LogP contribution in [-0.4, -0.2) is 24.4 Å². The molecule has 14 heavy (non-hydrogen) atoms. The highest BCUT2D eigenvalue weighted by atomic mass is 32.1. The Hall–Kier alpha value is -1.50. The van der Waals surface area contributed by atoms with Crippen LogP contribution >= 0.6 is 11.5 Å². The molecular formula is C7H10N6S. The Balaban J connectivity index is 2.49. The van der Waals surface area contributed by atoms with Crippen molar-refractivity contribution < 1.29 is 0 Å². The highest BCUT2D eigenvalue weighted by Gasteiger charge is 2.14. The van der Waals surface area contributed by atoms with E-state index in [0.29, 0.717) is 11.8 Å². The first-order chi connectivity index (χ1) is 6.72. The van der Waals surface area contributed by atoms with Crippen LogP contribution in [0.2, 0.25) is 0 Å². The third kappa shape index (κ3) is 1.35. The normalized spacial score (nSPS) is 10.7. The number of aromatic nitrogens is 5. The van der Waals surface area contributed by atoms with Gasteiger partial charge in [-0.2, -0.15) is 4.98 Å². The van der Waals surface area contributed by atoms with Crippen molar-refractivity contribution in [2.75, 3.05) is 5.73 Å². The third-order valence-electron chi connectivity index (χ3n) is 1.89. The molecule has 2 rings (SSSR count). The molecule has 0 saturated carbocycles. The van der Waals surface area contributed by atoms with Gasteiger partial charge in [0, 0.05) is 7.05 Å². The molecule has 0 amide bonds.